The van der Waals surface area contributed by atoms with Gasteiger partial charge in [0.25, 0.3) is 0 Å². The quantitative estimate of drug-likeness (QED) is 0.0265. The molecule has 0 saturated carbocycles. The molecule has 328 valence electrons. The SMILES string of the molecule is CC/C=C\C/C=C\C/C=C\C/C=C\CCC(=O)OC(COC(=O)CCCCCCC/C=C\CCCCC)COC(=O)CCCCCCCCCCCCCCCC. The number of allylic oxidation sites excluding steroid dienone is 10. The molecule has 0 saturated heterocycles. The van der Waals surface area contributed by atoms with E-state index in [2.05, 4.69) is 69.4 Å². The molecule has 6 nitrogen and oxygen atoms in total. The van der Waals surface area contributed by atoms with E-state index in [1.807, 2.05) is 12.2 Å². The summed E-state index contributed by atoms with van der Waals surface area (Å²) in [6.07, 6.45) is 55.0. The first-order valence-corrected chi connectivity index (χ1v) is 23.8. The molecule has 1 unspecified atom stereocenters. The molecule has 1 atom stereocenters. The molecule has 0 radical (unpaired) electrons. The van der Waals surface area contributed by atoms with Crippen LogP contribution in [0.15, 0.2) is 60.8 Å². The van der Waals surface area contributed by atoms with Gasteiger partial charge < -0.3 is 14.2 Å². The van der Waals surface area contributed by atoms with E-state index in [0.717, 1.165) is 77.0 Å². The molecular weight excluding hydrogens is 709 g/mol. The van der Waals surface area contributed by atoms with E-state index in [1.165, 1.54) is 103 Å². The lowest BCUT2D eigenvalue weighted by Crippen LogP contribution is -2.30. The van der Waals surface area contributed by atoms with Crippen LogP contribution in [0.25, 0.3) is 0 Å². The Kier molecular flexibility index (Phi) is 43.5. The fourth-order valence-corrected chi connectivity index (χ4v) is 6.45. The maximum atomic E-state index is 12.7. The number of esters is 3. The van der Waals surface area contributed by atoms with E-state index in [4.69, 9.17) is 14.2 Å². The second-order valence-corrected chi connectivity index (χ2v) is 15.6. The van der Waals surface area contributed by atoms with Crippen LogP contribution in [0.5, 0.6) is 0 Å². The van der Waals surface area contributed by atoms with Crippen molar-refractivity contribution in [3.63, 3.8) is 0 Å². The fourth-order valence-electron chi connectivity index (χ4n) is 6.45. The van der Waals surface area contributed by atoms with Gasteiger partial charge in [-0.05, 0) is 70.6 Å². The Labute approximate surface area is 351 Å². The second-order valence-electron chi connectivity index (χ2n) is 15.6. The zero-order valence-electron chi connectivity index (χ0n) is 37.3. The van der Waals surface area contributed by atoms with Crippen LogP contribution >= 0.6 is 0 Å². The Morgan fingerprint density at radius 3 is 1.18 bits per heavy atom. The van der Waals surface area contributed by atoms with Gasteiger partial charge in [0.15, 0.2) is 6.10 Å². The Morgan fingerprint density at radius 1 is 0.368 bits per heavy atom. The van der Waals surface area contributed by atoms with E-state index in [-0.39, 0.29) is 31.6 Å². The summed E-state index contributed by atoms with van der Waals surface area (Å²) < 4.78 is 16.7. The summed E-state index contributed by atoms with van der Waals surface area (Å²) in [7, 11) is 0. The van der Waals surface area contributed by atoms with Gasteiger partial charge in [-0.15, -0.1) is 0 Å². The van der Waals surface area contributed by atoms with Gasteiger partial charge in [-0.2, -0.15) is 0 Å². The maximum Gasteiger partial charge on any atom is 0.306 e. The first kappa shape index (κ1) is 54.1. The molecule has 0 aliphatic carbocycles. The molecule has 0 aliphatic heterocycles. The highest BCUT2D eigenvalue weighted by atomic mass is 16.6. The third-order valence-corrected chi connectivity index (χ3v) is 10.0. The van der Waals surface area contributed by atoms with Gasteiger partial charge in [0.05, 0.1) is 0 Å². The van der Waals surface area contributed by atoms with E-state index in [9.17, 15) is 14.4 Å². The molecule has 0 N–H and O–H groups in total. The zero-order valence-corrected chi connectivity index (χ0v) is 37.3. The van der Waals surface area contributed by atoms with Crippen molar-refractivity contribution >= 4 is 17.9 Å². The normalized spacial score (nSPS) is 12.5. The molecule has 0 aromatic carbocycles. The molecule has 0 bridgehead atoms. The number of carbonyl (C=O) groups excluding carboxylic acids is 3. The average Bonchev–Trinajstić information content (AvgIpc) is 3.21. The Hall–Kier alpha value is -2.89. The molecular formula is C51H88O6. The average molecular weight is 797 g/mol. The third-order valence-electron chi connectivity index (χ3n) is 10.0. The van der Waals surface area contributed by atoms with Crippen LogP contribution in [0, 0.1) is 0 Å². The van der Waals surface area contributed by atoms with Gasteiger partial charge in [-0.3, -0.25) is 14.4 Å². The van der Waals surface area contributed by atoms with Crippen molar-refractivity contribution in [3.05, 3.63) is 60.8 Å². The number of unbranched alkanes of at least 4 members (excludes halogenated alkanes) is 21. The molecule has 0 heterocycles. The minimum atomic E-state index is -0.811. The van der Waals surface area contributed by atoms with Crippen molar-refractivity contribution in [3.8, 4) is 0 Å². The predicted octanol–water partition coefficient (Wildman–Crippen LogP) is 15.3. The molecule has 0 amide bonds. The Bertz CT molecular complexity index is 1050. The second kappa shape index (κ2) is 45.8. The van der Waals surface area contributed by atoms with Gasteiger partial charge in [0, 0.05) is 19.3 Å². The summed E-state index contributed by atoms with van der Waals surface area (Å²) in [6.45, 7) is 6.42. The largest absolute Gasteiger partial charge is 0.462 e. The molecule has 0 fully saturated rings. The topological polar surface area (TPSA) is 78.9 Å². The van der Waals surface area contributed by atoms with Crippen molar-refractivity contribution in [1.82, 2.24) is 0 Å². The zero-order chi connectivity index (χ0) is 41.5. The summed E-state index contributed by atoms with van der Waals surface area (Å²) in [6, 6.07) is 0. The lowest BCUT2D eigenvalue weighted by Gasteiger charge is -2.18. The van der Waals surface area contributed by atoms with Crippen molar-refractivity contribution in [2.75, 3.05) is 13.2 Å². The molecule has 0 aromatic rings. The minimum Gasteiger partial charge on any atom is -0.462 e. The molecule has 57 heavy (non-hydrogen) atoms. The van der Waals surface area contributed by atoms with Crippen LogP contribution in [0.2, 0.25) is 0 Å². The predicted molar refractivity (Wildman–Crippen MR) is 242 cm³/mol. The number of rotatable bonds is 42. The lowest BCUT2D eigenvalue weighted by molar-refractivity contribution is -0.166. The fraction of sp³-hybridized carbons (Fsp3) is 0.745. The first-order valence-electron chi connectivity index (χ1n) is 23.8. The van der Waals surface area contributed by atoms with E-state index in [1.54, 1.807) is 0 Å². The van der Waals surface area contributed by atoms with Crippen LogP contribution in [-0.2, 0) is 28.6 Å². The highest BCUT2D eigenvalue weighted by Crippen LogP contribution is 2.14. The highest BCUT2D eigenvalue weighted by Gasteiger charge is 2.19. The first-order chi connectivity index (χ1) is 28.0. The van der Waals surface area contributed by atoms with Crippen molar-refractivity contribution < 1.29 is 28.6 Å². The van der Waals surface area contributed by atoms with E-state index < -0.39 is 12.1 Å². The van der Waals surface area contributed by atoms with Gasteiger partial charge in [-0.1, -0.05) is 197 Å². The molecule has 0 aliphatic rings. The number of carbonyl (C=O) groups is 3. The van der Waals surface area contributed by atoms with Crippen LogP contribution in [0.4, 0.5) is 0 Å². The summed E-state index contributed by atoms with van der Waals surface area (Å²) in [4.78, 5) is 37.8. The number of hydrogen-bond acceptors (Lipinski definition) is 6. The van der Waals surface area contributed by atoms with Gasteiger partial charge >= 0.3 is 17.9 Å². The number of ether oxygens (including phenoxy) is 3. The maximum absolute atomic E-state index is 12.7. The van der Waals surface area contributed by atoms with E-state index in [0.29, 0.717) is 19.3 Å². The minimum absolute atomic E-state index is 0.104. The number of hydrogen-bond donors (Lipinski definition) is 0. The summed E-state index contributed by atoms with van der Waals surface area (Å²) in [5.41, 5.74) is 0. The van der Waals surface area contributed by atoms with E-state index >= 15 is 0 Å². The summed E-state index contributed by atoms with van der Waals surface area (Å²) >= 11 is 0. The van der Waals surface area contributed by atoms with Gasteiger partial charge in [-0.25, -0.2) is 0 Å². The third kappa shape index (κ3) is 44.1. The monoisotopic (exact) mass is 797 g/mol. The molecule has 0 aromatic heterocycles. The van der Waals surface area contributed by atoms with Crippen LogP contribution in [0.3, 0.4) is 0 Å². The van der Waals surface area contributed by atoms with Crippen LogP contribution in [0.1, 0.15) is 226 Å². The van der Waals surface area contributed by atoms with Gasteiger partial charge in [0.2, 0.25) is 0 Å². The van der Waals surface area contributed by atoms with Crippen molar-refractivity contribution in [2.45, 2.75) is 232 Å². The van der Waals surface area contributed by atoms with Crippen LogP contribution < -0.4 is 0 Å². The molecule has 6 heteroatoms. The highest BCUT2D eigenvalue weighted by molar-refractivity contribution is 5.71. The Morgan fingerprint density at radius 2 is 0.719 bits per heavy atom. The summed E-state index contributed by atoms with van der Waals surface area (Å²) in [5, 5.41) is 0. The smallest absolute Gasteiger partial charge is 0.306 e. The summed E-state index contributed by atoms with van der Waals surface area (Å²) in [5.74, 6) is -0.995. The molecule has 0 spiro atoms. The van der Waals surface area contributed by atoms with Gasteiger partial charge in [0.1, 0.15) is 13.2 Å². The van der Waals surface area contributed by atoms with Crippen molar-refractivity contribution in [1.29, 1.82) is 0 Å². The standard InChI is InChI=1S/C51H88O6/c1-4-7-10-13-16-19-22-25-27-29-32-35-38-41-44-50(53)56-47-48(46-55-49(52)43-40-37-34-31-28-24-21-18-15-12-9-6-3)57-51(54)45-42-39-36-33-30-26-23-20-17-14-11-8-5-2/h8,11,17-18,20-21,26,30,36,39,48H,4-7,9-10,12-16,19,22-25,27-29,31-35,37-38,40-47H2,1-3H3/b11-8-,20-17-,21-18-,30-26-,39-36-. The Balaban J connectivity index is 4.47. The molecule has 0 rings (SSSR count). The van der Waals surface area contributed by atoms with Crippen LogP contribution in [-0.4, -0.2) is 37.2 Å². The van der Waals surface area contributed by atoms with Crippen molar-refractivity contribution in [2.24, 2.45) is 0 Å². The lowest BCUT2D eigenvalue weighted by atomic mass is 10.0.